The molecule has 0 unspecified atom stereocenters. The number of carbonyl (C=O) groups excluding carboxylic acids is 2. The molecule has 0 aromatic heterocycles. The molecular formula is C15H21N3O2. The monoisotopic (exact) mass is 275 g/mol. The number of hydrogen-bond donors (Lipinski definition) is 1. The molecule has 0 bridgehead atoms. The van der Waals surface area contributed by atoms with Crippen molar-refractivity contribution in [1.29, 1.82) is 0 Å². The van der Waals surface area contributed by atoms with E-state index in [1.165, 1.54) is 11.1 Å². The quantitative estimate of drug-likeness (QED) is 0.835. The number of carbonyl (C=O) groups is 2. The lowest BCUT2D eigenvalue weighted by Crippen LogP contribution is -2.49. The lowest BCUT2D eigenvalue weighted by molar-refractivity contribution is -0.133. The first kappa shape index (κ1) is 14.4. The van der Waals surface area contributed by atoms with Gasteiger partial charge in [0, 0.05) is 31.9 Å². The molecule has 2 amide bonds. The highest BCUT2D eigenvalue weighted by molar-refractivity contribution is 5.81. The SMILES string of the molecule is Cc1cccc(NCC(=O)N2CCN(C=O)CC2)c1C. The third kappa shape index (κ3) is 3.29. The average molecular weight is 275 g/mol. The molecule has 1 aromatic rings. The minimum absolute atomic E-state index is 0.0801. The van der Waals surface area contributed by atoms with E-state index in [0.717, 1.165) is 12.1 Å². The number of aryl methyl sites for hydroxylation is 1. The van der Waals surface area contributed by atoms with Crippen LogP contribution in [0.3, 0.4) is 0 Å². The molecule has 0 radical (unpaired) electrons. The molecule has 0 atom stereocenters. The van der Waals surface area contributed by atoms with Crippen LogP contribution in [-0.2, 0) is 9.59 Å². The topological polar surface area (TPSA) is 52.7 Å². The van der Waals surface area contributed by atoms with Crippen molar-refractivity contribution < 1.29 is 9.59 Å². The molecule has 0 saturated carbocycles. The normalized spacial score (nSPS) is 15.1. The summed E-state index contributed by atoms with van der Waals surface area (Å²) in [4.78, 5) is 26.2. The van der Waals surface area contributed by atoms with Gasteiger partial charge in [-0.25, -0.2) is 0 Å². The number of nitrogens with one attached hydrogen (secondary N) is 1. The van der Waals surface area contributed by atoms with Gasteiger partial charge in [0.25, 0.3) is 0 Å². The predicted molar refractivity (Wildman–Crippen MR) is 78.6 cm³/mol. The van der Waals surface area contributed by atoms with Crippen molar-refractivity contribution in [2.75, 3.05) is 38.0 Å². The Morgan fingerprint density at radius 3 is 2.60 bits per heavy atom. The van der Waals surface area contributed by atoms with Gasteiger partial charge >= 0.3 is 0 Å². The molecule has 1 aromatic carbocycles. The van der Waals surface area contributed by atoms with E-state index < -0.39 is 0 Å². The van der Waals surface area contributed by atoms with E-state index in [-0.39, 0.29) is 5.91 Å². The predicted octanol–water partition coefficient (Wildman–Crippen LogP) is 1.02. The molecule has 1 fully saturated rings. The second kappa shape index (κ2) is 6.41. The van der Waals surface area contributed by atoms with Gasteiger partial charge in [0.1, 0.15) is 0 Å². The van der Waals surface area contributed by atoms with Gasteiger partial charge < -0.3 is 15.1 Å². The fraction of sp³-hybridized carbons (Fsp3) is 0.467. The van der Waals surface area contributed by atoms with Crippen LogP contribution in [0.5, 0.6) is 0 Å². The Kier molecular flexibility index (Phi) is 4.61. The summed E-state index contributed by atoms with van der Waals surface area (Å²) in [6.45, 7) is 6.88. The molecule has 108 valence electrons. The Balaban J connectivity index is 1.86. The van der Waals surface area contributed by atoms with E-state index in [1.807, 2.05) is 19.1 Å². The Morgan fingerprint density at radius 1 is 1.25 bits per heavy atom. The highest BCUT2D eigenvalue weighted by Gasteiger charge is 2.19. The Hall–Kier alpha value is -2.04. The molecule has 20 heavy (non-hydrogen) atoms. The number of piperazine rings is 1. The van der Waals surface area contributed by atoms with Crippen molar-refractivity contribution in [3.63, 3.8) is 0 Å². The van der Waals surface area contributed by atoms with Gasteiger partial charge in [0.05, 0.1) is 6.54 Å². The van der Waals surface area contributed by atoms with Gasteiger partial charge in [-0.05, 0) is 31.0 Å². The van der Waals surface area contributed by atoms with Crippen LogP contribution in [0.4, 0.5) is 5.69 Å². The van der Waals surface area contributed by atoms with Gasteiger partial charge in [0.15, 0.2) is 0 Å². The maximum Gasteiger partial charge on any atom is 0.241 e. The van der Waals surface area contributed by atoms with E-state index in [0.29, 0.717) is 32.7 Å². The summed E-state index contributed by atoms with van der Waals surface area (Å²) in [6.07, 6.45) is 0.843. The lowest BCUT2D eigenvalue weighted by Gasteiger charge is -2.32. The Morgan fingerprint density at radius 2 is 1.95 bits per heavy atom. The van der Waals surface area contributed by atoms with Crippen molar-refractivity contribution in [2.24, 2.45) is 0 Å². The number of rotatable bonds is 4. The van der Waals surface area contributed by atoms with Crippen molar-refractivity contribution in [1.82, 2.24) is 9.80 Å². The van der Waals surface area contributed by atoms with E-state index >= 15 is 0 Å². The molecule has 1 aliphatic heterocycles. The summed E-state index contributed by atoms with van der Waals surface area (Å²) in [5, 5.41) is 3.20. The summed E-state index contributed by atoms with van der Waals surface area (Å²) in [5.74, 6) is 0.0801. The fourth-order valence-corrected chi connectivity index (χ4v) is 2.30. The molecule has 1 heterocycles. The zero-order chi connectivity index (χ0) is 14.5. The van der Waals surface area contributed by atoms with Gasteiger partial charge in [0.2, 0.25) is 12.3 Å². The lowest BCUT2D eigenvalue weighted by atomic mass is 10.1. The first-order chi connectivity index (χ1) is 9.61. The van der Waals surface area contributed by atoms with Gasteiger partial charge in [-0.3, -0.25) is 9.59 Å². The van der Waals surface area contributed by atoms with Gasteiger partial charge in [-0.1, -0.05) is 12.1 Å². The highest BCUT2D eigenvalue weighted by atomic mass is 16.2. The van der Waals surface area contributed by atoms with Gasteiger partial charge in [-0.15, -0.1) is 0 Å². The summed E-state index contributed by atoms with van der Waals surface area (Å²) in [6, 6.07) is 6.03. The van der Waals surface area contributed by atoms with Crippen LogP contribution >= 0.6 is 0 Å². The fourth-order valence-electron chi connectivity index (χ4n) is 2.30. The molecule has 1 aliphatic rings. The van der Waals surface area contributed by atoms with Crippen molar-refractivity contribution >= 4 is 18.0 Å². The van der Waals surface area contributed by atoms with E-state index in [1.54, 1.807) is 9.80 Å². The van der Waals surface area contributed by atoms with Crippen LogP contribution in [-0.4, -0.2) is 54.8 Å². The first-order valence-corrected chi connectivity index (χ1v) is 6.89. The second-order valence-electron chi connectivity index (χ2n) is 5.12. The standard InChI is InChI=1S/C15H21N3O2/c1-12-4-3-5-14(13(12)2)16-10-15(20)18-8-6-17(11-19)7-9-18/h3-5,11,16H,6-10H2,1-2H3. The number of nitrogens with zero attached hydrogens (tertiary/aromatic N) is 2. The number of benzene rings is 1. The highest BCUT2D eigenvalue weighted by Crippen LogP contribution is 2.17. The summed E-state index contributed by atoms with van der Waals surface area (Å²) in [5.41, 5.74) is 3.39. The number of hydrogen-bond acceptors (Lipinski definition) is 3. The largest absolute Gasteiger partial charge is 0.376 e. The zero-order valence-electron chi connectivity index (χ0n) is 12.1. The number of anilines is 1. The third-order valence-electron chi connectivity index (χ3n) is 3.85. The molecule has 0 spiro atoms. The smallest absolute Gasteiger partial charge is 0.241 e. The maximum atomic E-state index is 12.1. The van der Waals surface area contributed by atoms with Crippen LogP contribution in [0.15, 0.2) is 18.2 Å². The zero-order valence-corrected chi connectivity index (χ0v) is 12.1. The molecular weight excluding hydrogens is 254 g/mol. The summed E-state index contributed by atoms with van der Waals surface area (Å²) in [7, 11) is 0. The summed E-state index contributed by atoms with van der Waals surface area (Å²) < 4.78 is 0. The minimum atomic E-state index is 0.0801. The molecule has 5 nitrogen and oxygen atoms in total. The average Bonchev–Trinajstić information content (AvgIpc) is 2.48. The number of amides is 2. The van der Waals surface area contributed by atoms with Crippen molar-refractivity contribution in [3.05, 3.63) is 29.3 Å². The van der Waals surface area contributed by atoms with Crippen LogP contribution < -0.4 is 5.32 Å². The van der Waals surface area contributed by atoms with Crippen LogP contribution in [0.2, 0.25) is 0 Å². The second-order valence-corrected chi connectivity index (χ2v) is 5.12. The van der Waals surface area contributed by atoms with Crippen LogP contribution in [0.25, 0.3) is 0 Å². The molecule has 0 aliphatic carbocycles. The molecule has 1 saturated heterocycles. The summed E-state index contributed by atoms with van der Waals surface area (Å²) >= 11 is 0. The molecule has 2 rings (SSSR count). The van der Waals surface area contributed by atoms with E-state index in [2.05, 4.69) is 18.3 Å². The van der Waals surface area contributed by atoms with Crippen LogP contribution in [0, 0.1) is 13.8 Å². The van der Waals surface area contributed by atoms with Crippen molar-refractivity contribution in [2.45, 2.75) is 13.8 Å². The van der Waals surface area contributed by atoms with E-state index in [4.69, 9.17) is 0 Å². The van der Waals surface area contributed by atoms with Gasteiger partial charge in [-0.2, -0.15) is 0 Å². The van der Waals surface area contributed by atoms with Crippen LogP contribution in [0.1, 0.15) is 11.1 Å². The van der Waals surface area contributed by atoms with E-state index in [9.17, 15) is 9.59 Å². The molecule has 1 N–H and O–H groups in total. The molecule has 5 heteroatoms. The van der Waals surface area contributed by atoms with Crippen molar-refractivity contribution in [3.8, 4) is 0 Å². The Labute approximate surface area is 119 Å². The Bertz CT molecular complexity index is 494. The maximum absolute atomic E-state index is 12.1. The first-order valence-electron chi connectivity index (χ1n) is 6.89. The minimum Gasteiger partial charge on any atom is -0.376 e. The third-order valence-corrected chi connectivity index (χ3v) is 3.85.